The van der Waals surface area contributed by atoms with E-state index in [4.69, 9.17) is 5.11 Å². The number of nitrogens with one attached hydrogen (secondary N) is 1. The third kappa shape index (κ3) is 4.66. The smallest absolute Gasteiger partial charge is 0.317 e. The Morgan fingerprint density at radius 2 is 2.16 bits per heavy atom. The van der Waals surface area contributed by atoms with Crippen LogP contribution in [0.15, 0.2) is 36.4 Å². The van der Waals surface area contributed by atoms with Crippen LogP contribution in [0, 0.1) is 5.82 Å². The minimum Gasteiger partial charge on any atom is -0.480 e. The van der Waals surface area contributed by atoms with Gasteiger partial charge in [-0.3, -0.25) is 9.69 Å². The van der Waals surface area contributed by atoms with E-state index in [9.17, 15) is 9.18 Å². The maximum atomic E-state index is 13.3. The molecule has 0 aliphatic heterocycles. The average Bonchev–Trinajstić information content (AvgIpc) is 3.00. The highest BCUT2D eigenvalue weighted by Crippen LogP contribution is 2.30. The fourth-order valence-electron chi connectivity index (χ4n) is 3.24. The zero-order valence-electron chi connectivity index (χ0n) is 14.2. The molecule has 1 aromatic carbocycles. The Labute approximate surface area is 151 Å². The fraction of sp³-hybridized carbons (Fsp3) is 0.421. The number of carboxylic acids is 1. The van der Waals surface area contributed by atoms with Gasteiger partial charge in [-0.1, -0.05) is 19.1 Å². The van der Waals surface area contributed by atoms with Crippen LogP contribution in [-0.4, -0.2) is 41.1 Å². The Hall–Kier alpha value is -1.76. The van der Waals surface area contributed by atoms with Crippen LogP contribution in [-0.2, 0) is 11.3 Å². The van der Waals surface area contributed by atoms with Crippen molar-refractivity contribution >= 4 is 17.3 Å². The van der Waals surface area contributed by atoms with Gasteiger partial charge in [0.25, 0.3) is 0 Å². The van der Waals surface area contributed by atoms with Crippen LogP contribution in [0.25, 0.3) is 10.4 Å². The van der Waals surface area contributed by atoms with Crippen LogP contribution in [0.5, 0.6) is 0 Å². The second kappa shape index (κ2) is 8.08. The van der Waals surface area contributed by atoms with Crippen molar-refractivity contribution in [3.63, 3.8) is 0 Å². The first-order valence-electron chi connectivity index (χ1n) is 8.59. The number of carbonyl (C=O) groups is 1. The van der Waals surface area contributed by atoms with Gasteiger partial charge in [-0.2, -0.15) is 0 Å². The van der Waals surface area contributed by atoms with Crippen molar-refractivity contribution < 1.29 is 14.3 Å². The van der Waals surface area contributed by atoms with E-state index in [-0.39, 0.29) is 12.4 Å². The minimum absolute atomic E-state index is 0.121. The van der Waals surface area contributed by atoms with Gasteiger partial charge in [0.15, 0.2) is 0 Å². The van der Waals surface area contributed by atoms with Gasteiger partial charge in [0, 0.05) is 28.4 Å². The number of hydrogen-bond donors (Lipinski definition) is 2. The SMILES string of the molecule is CCN(CC(=O)O)C1CC(NCc2ccc(-c3cccc(F)c3)s2)C1. The molecule has 1 aromatic heterocycles. The van der Waals surface area contributed by atoms with E-state index in [0.717, 1.165) is 36.4 Å². The van der Waals surface area contributed by atoms with E-state index in [1.165, 1.54) is 10.9 Å². The maximum Gasteiger partial charge on any atom is 0.317 e. The first-order chi connectivity index (χ1) is 12.0. The lowest BCUT2D eigenvalue weighted by Crippen LogP contribution is -2.53. The lowest BCUT2D eigenvalue weighted by molar-refractivity contribution is -0.139. The summed E-state index contributed by atoms with van der Waals surface area (Å²) in [4.78, 5) is 15.2. The molecule has 3 rings (SSSR count). The summed E-state index contributed by atoms with van der Waals surface area (Å²) in [6.07, 6.45) is 1.98. The summed E-state index contributed by atoms with van der Waals surface area (Å²) in [5.41, 5.74) is 0.909. The number of benzene rings is 1. The van der Waals surface area contributed by atoms with Crippen molar-refractivity contribution in [1.82, 2.24) is 10.2 Å². The lowest BCUT2D eigenvalue weighted by Gasteiger charge is -2.42. The van der Waals surface area contributed by atoms with Crippen LogP contribution >= 0.6 is 11.3 Å². The van der Waals surface area contributed by atoms with Crippen molar-refractivity contribution in [2.75, 3.05) is 13.1 Å². The molecule has 0 atom stereocenters. The maximum absolute atomic E-state index is 13.3. The molecule has 4 nitrogen and oxygen atoms in total. The zero-order chi connectivity index (χ0) is 17.8. The van der Waals surface area contributed by atoms with Gasteiger partial charge in [-0.15, -0.1) is 11.3 Å². The molecule has 1 aliphatic carbocycles. The molecule has 1 aliphatic rings. The Bertz CT molecular complexity index is 728. The van der Waals surface area contributed by atoms with Gasteiger partial charge in [-0.05, 0) is 49.2 Å². The van der Waals surface area contributed by atoms with E-state index < -0.39 is 5.97 Å². The molecule has 0 saturated heterocycles. The molecule has 0 radical (unpaired) electrons. The predicted octanol–water partition coefficient (Wildman–Crippen LogP) is 3.58. The second-order valence-corrected chi connectivity index (χ2v) is 7.60. The molecule has 0 unspecified atom stereocenters. The van der Waals surface area contributed by atoms with E-state index >= 15 is 0 Å². The predicted molar refractivity (Wildman–Crippen MR) is 98.2 cm³/mol. The molecule has 134 valence electrons. The molecule has 0 spiro atoms. The van der Waals surface area contributed by atoms with E-state index in [1.54, 1.807) is 23.5 Å². The van der Waals surface area contributed by atoms with E-state index in [1.807, 2.05) is 24.0 Å². The molecule has 2 N–H and O–H groups in total. The highest BCUT2D eigenvalue weighted by atomic mass is 32.1. The van der Waals surface area contributed by atoms with Crippen molar-refractivity contribution in [3.05, 3.63) is 47.1 Å². The fourth-order valence-corrected chi connectivity index (χ4v) is 4.20. The molecule has 1 heterocycles. The third-order valence-corrected chi connectivity index (χ3v) is 5.84. The number of halogens is 1. The number of nitrogens with zero attached hydrogens (tertiary/aromatic N) is 1. The summed E-state index contributed by atoms with van der Waals surface area (Å²) in [5.74, 6) is -0.977. The van der Waals surface area contributed by atoms with Gasteiger partial charge in [0.1, 0.15) is 5.82 Å². The Morgan fingerprint density at radius 3 is 2.84 bits per heavy atom. The Kier molecular flexibility index (Phi) is 5.83. The van der Waals surface area contributed by atoms with Crippen molar-refractivity contribution in [3.8, 4) is 10.4 Å². The minimum atomic E-state index is -0.762. The summed E-state index contributed by atoms with van der Waals surface area (Å²) in [6.45, 7) is 3.69. The van der Waals surface area contributed by atoms with Gasteiger partial charge in [-0.25, -0.2) is 4.39 Å². The number of likely N-dealkylation sites (N-methyl/N-ethyl adjacent to an activating group) is 1. The highest BCUT2D eigenvalue weighted by molar-refractivity contribution is 7.15. The second-order valence-electron chi connectivity index (χ2n) is 6.44. The van der Waals surface area contributed by atoms with Gasteiger partial charge in [0.05, 0.1) is 6.54 Å². The monoisotopic (exact) mass is 362 g/mol. The molecule has 6 heteroatoms. The molecule has 0 amide bonds. The molecule has 2 aromatic rings. The molecule has 1 saturated carbocycles. The standard InChI is InChI=1S/C19H23FN2O2S/c1-2-22(12-19(23)24)16-9-15(10-16)21-11-17-6-7-18(25-17)13-4-3-5-14(20)8-13/h3-8,15-16,21H,2,9-12H2,1H3,(H,23,24). The van der Waals surface area contributed by atoms with E-state index in [2.05, 4.69) is 11.4 Å². The first kappa shape index (κ1) is 18.0. The number of carboxylic acid groups (broad SMARTS) is 1. The molecule has 1 fully saturated rings. The number of aliphatic carboxylic acids is 1. The van der Waals surface area contributed by atoms with Crippen molar-refractivity contribution in [1.29, 1.82) is 0 Å². The summed E-state index contributed by atoms with van der Waals surface area (Å²) in [7, 11) is 0. The Morgan fingerprint density at radius 1 is 1.36 bits per heavy atom. The summed E-state index contributed by atoms with van der Waals surface area (Å²) in [6, 6.07) is 11.6. The largest absolute Gasteiger partial charge is 0.480 e. The molecule has 0 bridgehead atoms. The van der Waals surface area contributed by atoms with Crippen LogP contribution < -0.4 is 5.32 Å². The summed E-state index contributed by atoms with van der Waals surface area (Å²) < 4.78 is 13.3. The van der Waals surface area contributed by atoms with Crippen LogP contribution in [0.3, 0.4) is 0 Å². The number of thiophene rings is 1. The lowest BCUT2D eigenvalue weighted by atomic mass is 9.85. The zero-order valence-corrected chi connectivity index (χ0v) is 15.1. The first-order valence-corrected chi connectivity index (χ1v) is 9.40. The third-order valence-electron chi connectivity index (χ3n) is 4.71. The molecular formula is C19H23FN2O2S. The summed E-state index contributed by atoms with van der Waals surface area (Å²) in [5, 5.41) is 12.5. The van der Waals surface area contributed by atoms with Gasteiger partial charge in [0.2, 0.25) is 0 Å². The summed E-state index contributed by atoms with van der Waals surface area (Å²) >= 11 is 1.67. The van der Waals surface area contributed by atoms with Crippen molar-refractivity contribution in [2.45, 2.75) is 38.4 Å². The van der Waals surface area contributed by atoms with E-state index in [0.29, 0.717) is 12.1 Å². The van der Waals surface area contributed by atoms with Crippen LogP contribution in [0.4, 0.5) is 4.39 Å². The van der Waals surface area contributed by atoms with Crippen LogP contribution in [0.1, 0.15) is 24.6 Å². The highest BCUT2D eigenvalue weighted by Gasteiger charge is 2.33. The molecular weight excluding hydrogens is 339 g/mol. The van der Waals surface area contributed by atoms with Crippen LogP contribution in [0.2, 0.25) is 0 Å². The molecule has 25 heavy (non-hydrogen) atoms. The van der Waals surface area contributed by atoms with Gasteiger partial charge < -0.3 is 10.4 Å². The van der Waals surface area contributed by atoms with Crippen molar-refractivity contribution in [2.24, 2.45) is 0 Å². The Balaban J connectivity index is 1.47. The van der Waals surface area contributed by atoms with Gasteiger partial charge >= 0.3 is 5.97 Å². The number of rotatable bonds is 8. The normalized spacial score (nSPS) is 19.8. The average molecular weight is 362 g/mol. The quantitative estimate of drug-likeness (QED) is 0.754. The number of hydrogen-bond acceptors (Lipinski definition) is 4. The topological polar surface area (TPSA) is 52.6 Å².